The van der Waals surface area contributed by atoms with E-state index in [9.17, 15) is 23.4 Å². The molecule has 0 aromatic heterocycles. The van der Waals surface area contributed by atoms with Crippen molar-refractivity contribution in [2.24, 2.45) is 23.2 Å². The predicted molar refractivity (Wildman–Crippen MR) is 122 cm³/mol. The van der Waals surface area contributed by atoms with E-state index in [0.717, 1.165) is 38.4 Å². The second-order valence-electron chi connectivity index (χ2n) is 11.5. The first kappa shape index (κ1) is 25.2. The first-order valence-electron chi connectivity index (χ1n) is 12.6. The van der Waals surface area contributed by atoms with E-state index in [1.54, 1.807) is 0 Å². The average molecular weight is 472 g/mol. The van der Waals surface area contributed by atoms with Gasteiger partial charge in [-0.1, -0.05) is 37.1 Å². The molecule has 1 unspecified atom stereocenters. The first-order chi connectivity index (χ1) is 15.5. The van der Waals surface area contributed by atoms with Gasteiger partial charge in [0.15, 0.2) is 5.60 Å². The minimum atomic E-state index is -4.33. The molecule has 3 saturated carbocycles. The van der Waals surface area contributed by atoms with Gasteiger partial charge >= 0.3 is 6.18 Å². The van der Waals surface area contributed by atoms with Crippen molar-refractivity contribution in [2.75, 3.05) is 26.7 Å². The number of aliphatic hydroxyl groups excluding tert-OH is 2. The van der Waals surface area contributed by atoms with Gasteiger partial charge in [0.1, 0.15) is 0 Å². The van der Waals surface area contributed by atoms with Gasteiger partial charge < -0.3 is 14.9 Å². The Bertz CT molecular complexity index is 761. The summed E-state index contributed by atoms with van der Waals surface area (Å²) in [6.07, 6.45) is 6.53. The third kappa shape index (κ3) is 4.80. The van der Waals surface area contributed by atoms with Crippen molar-refractivity contribution in [2.45, 2.75) is 89.2 Å². The summed E-state index contributed by atoms with van der Waals surface area (Å²) < 4.78 is 44.9. The highest BCUT2D eigenvalue weighted by molar-refractivity contribution is 5.26. The number of hydrogen-bond donors (Lipinski definition) is 2. The molecule has 3 aliphatic carbocycles. The molecule has 0 radical (unpaired) electrons. The van der Waals surface area contributed by atoms with Gasteiger partial charge in [-0.25, -0.2) is 0 Å². The zero-order valence-electron chi connectivity index (χ0n) is 20.2. The molecule has 188 valence electrons. The van der Waals surface area contributed by atoms with Gasteiger partial charge in [0.05, 0.1) is 12.2 Å². The zero-order chi connectivity index (χ0) is 24.0. The molecule has 4 fully saturated rings. The summed E-state index contributed by atoms with van der Waals surface area (Å²) in [5.74, 6) is 1.35. The molecule has 1 aliphatic heterocycles. The summed E-state index contributed by atoms with van der Waals surface area (Å²) in [5, 5.41) is 19.9. The molecule has 2 N–H and O–H groups in total. The van der Waals surface area contributed by atoms with Crippen LogP contribution in [0.1, 0.15) is 65.2 Å². The maximum atomic E-state index is 13.4. The third-order valence-electron chi connectivity index (χ3n) is 9.21. The van der Waals surface area contributed by atoms with Gasteiger partial charge in [0, 0.05) is 26.7 Å². The van der Waals surface area contributed by atoms with Crippen LogP contribution in [0.2, 0.25) is 0 Å². The van der Waals surface area contributed by atoms with Crippen molar-refractivity contribution in [3.63, 3.8) is 0 Å². The molecular formula is C26H40F3NO3. The smallest absolute Gasteiger partial charge is 0.393 e. The zero-order valence-corrected chi connectivity index (χ0v) is 20.2. The molecule has 7 heteroatoms. The largest absolute Gasteiger partial charge is 0.419 e. The topological polar surface area (TPSA) is 52.9 Å². The summed E-state index contributed by atoms with van der Waals surface area (Å²) in [4.78, 5) is 1.90. The third-order valence-corrected chi connectivity index (χ3v) is 9.21. The SMILES string of the molecule is COC1(C(F)(F)F)CN(CC(C)[C@H]2CC[C@H]3C(=CC=C4C[C@@H](O)C[C@H](O)C4)CCC[C@]23C)C1. The summed E-state index contributed by atoms with van der Waals surface area (Å²) in [6, 6.07) is 0. The fourth-order valence-electron chi connectivity index (χ4n) is 7.51. The number of rotatable bonds is 5. The number of allylic oxidation sites excluding steroid dienone is 3. The second-order valence-corrected chi connectivity index (χ2v) is 11.5. The van der Waals surface area contributed by atoms with Crippen LogP contribution in [0.5, 0.6) is 0 Å². The van der Waals surface area contributed by atoms with Crippen LogP contribution >= 0.6 is 0 Å². The van der Waals surface area contributed by atoms with Crippen LogP contribution in [-0.4, -0.2) is 65.8 Å². The lowest BCUT2D eigenvalue weighted by atomic mass is 9.61. The first-order valence-corrected chi connectivity index (χ1v) is 12.6. The minimum absolute atomic E-state index is 0.0688. The van der Waals surface area contributed by atoms with Crippen LogP contribution < -0.4 is 0 Å². The maximum absolute atomic E-state index is 13.4. The van der Waals surface area contributed by atoms with Crippen molar-refractivity contribution in [3.8, 4) is 0 Å². The number of halogens is 3. The quantitative estimate of drug-likeness (QED) is 0.601. The van der Waals surface area contributed by atoms with E-state index in [2.05, 4.69) is 26.0 Å². The normalized spacial score (nSPS) is 39.3. The van der Waals surface area contributed by atoms with Crippen LogP contribution in [0.25, 0.3) is 0 Å². The lowest BCUT2D eigenvalue weighted by Gasteiger charge is -2.51. The van der Waals surface area contributed by atoms with Crippen molar-refractivity contribution in [1.29, 1.82) is 0 Å². The molecule has 1 heterocycles. The molecule has 0 aromatic rings. The lowest BCUT2D eigenvalue weighted by molar-refractivity contribution is -0.311. The molecule has 6 atom stereocenters. The molecular weight excluding hydrogens is 431 g/mol. The second kappa shape index (κ2) is 9.29. The maximum Gasteiger partial charge on any atom is 0.419 e. The Morgan fingerprint density at radius 3 is 2.42 bits per heavy atom. The Labute approximate surface area is 195 Å². The van der Waals surface area contributed by atoms with Gasteiger partial charge in [0.2, 0.25) is 0 Å². The van der Waals surface area contributed by atoms with Gasteiger partial charge in [0.25, 0.3) is 0 Å². The number of aliphatic hydroxyl groups is 2. The van der Waals surface area contributed by atoms with Crippen LogP contribution in [0, 0.1) is 23.2 Å². The van der Waals surface area contributed by atoms with Gasteiger partial charge in [-0.3, -0.25) is 4.90 Å². The fraction of sp³-hybridized carbons (Fsp3) is 0.846. The molecule has 1 saturated heterocycles. The van der Waals surface area contributed by atoms with Gasteiger partial charge in [-0.2, -0.15) is 13.2 Å². The monoisotopic (exact) mass is 471 g/mol. The fourth-order valence-corrected chi connectivity index (χ4v) is 7.51. The molecule has 0 spiro atoms. The van der Waals surface area contributed by atoms with Gasteiger partial charge in [-0.15, -0.1) is 0 Å². The predicted octanol–water partition coefficient (Wildman–Crippen LogP) is 4.86. The van der Waals surface area contributed by atoms with Crippen LogP contribution in [0.4, 0.5) is 13.2 Å². The Hall–Kier alpha value is -0.890. The number of nitrogens with zero attached hydrogens (tertiary/aromatic N) is 1. The van der Waals surface area contributed by atoms with Crippen molar-refractivity contribution < 1.29 is 28.1 Å². The van der Waals surface area contributed by atoms with E-state index in [0.29, 0.717) is 43.6 Å². The highest BCUT2D eigenvalue weighted by atomic mass is 19.4. The number of hydrogen-bond acceptors (Lipinski definition) is 4. The Morgan fingerprint density at radius 2 is 1.82 bits per heavy atom. The van der Waals surface area contributed by atoms with Crippen molar-refractivity contribution in [1.82, 2.24) is 4.90 Å². The molecule has 0 bridgehead atoms. The van der Waals surface area contributed by atoms with E-state index in [1.807, 2.05) is 4.90 Å². The molecule has 4 rings (SSSR count). The minimum Gasteiger partial charge on any atom is -0.393 e. The number of alkyl halides is 3. The molecule has 33 heavy (non-hydrogen) atoms. The Balaban J connectivity index is 1.40. The van der Waals surface area contributed by atoms with E-state index in [-0.39, 0.29) is 18.5 Å². The number of ether oxygens (including phenoxy) is 1. The average Bonchev–Trinajstić information content (AvgIpc) is 3.04. The highest BCUT2D eigenvalue weighted by Gasteiger charge is 2.63. The van der Waals surface area contributed by atoms with Crippen LogP contribution in [-0.2, 0) is 4.74 Å². The standard InChI is InChI=1S/C26H40F3NO3/c1-17(14-30-15-25(16-30,33-3)26(27,28)29)22-8-9-23-19(5-4-10-24(22,23)2)7-6-18-11-20(31)13-21(32)12-18/h6-7,17,20-23,31-32H,4-5,8-16H2,1-3H3/t17?,20-,21-,22-,23+,24-/m1/s1. The van der Waals surface area contributed by atoms with Crippen molar-refractivity contribution >= 4 is 0 Å². The summed E-state index contributed by atoms with van der Waals surface area (Å²) in [7, 11) is 1.16. The summed E-state index contributed by atoms with van der Waals surface area (Å²) >= 11 is 0. The van der Waals surface area contributed by atoms with E-state index in [1.165, 1.54) is 12.0 Å². The lowest BCUT2D eigenvalue weighted by Crippen LogP contribution is -2.70. The molecule has 0 aromatic carbocycles. The number of fused-ring (bicyclic) bond motifs is 1. The van der Waals surface area contributed by atoms with E-state index in [4.69, 9.17) is 4.74 Å². The Morgan fingerprint density at radius 1 is 1.15 bits per heavy atom. The van der Waals surface area contributed by atoms with Gasteiger partial charge in [-0.05, 0) is 74.5 Å². The number of likely N-dealkylation sites (tertiary alicyclic amines) is 1. The summed E-state index contributed by atoms with van der Waals surface area (Å²) in [5.41, 5.74) is 0.775. The Kier molecular flexibility index (Phi) is 7.09. The van der Waals surface area contributed by atoms with Crippen LogP contribution in [0.15, 0.2) is 23.3 Å². The van der Waals surface area contributed by atoms with Crippen LogP contribution in [0.3, 0.4) is 0 Å². The summed E-state index contributed by atoms with van der Waals surface area (Å²) in [6.45, 7) is 5.16. The highest BCUT2D eigenvalue weighted by Crippen LogP contribution is 2.59. The molecule has 4 aliphatic rings. The molecule has 4 nitrogen and oxygen atoms in total. The number of methoxy groups -OCH3 is 1. The van der Waals surface area contributed by atoms with E-state index >= 15 is 0 Å². The van der Waals surface area contributed by atoms with Crippen molar-refractivity contribution in [3.05, 3.63) is 23.3 Å². The molecule has 0 amide bonds. The van der Waals surface area contributed by atoms with E-state index < -0.39 is 24.0 Å².